The predicted octanol–water partition coefficient (Wildman–Crippen LogP) is 3.19. The third-order valence-electron chi connectivity index (χ3n) is 7.46. The number of hydrogen-bond acceptors (Lipinski definition) is 6. The van der Waals surface area contributed by atoms with Gasteiger partial charge < -0.3 is 14.8 Å². The van der Waals surface area contributed by atoms with Crippen molar-refractivity contribution in [3.8, 4) is 5.69 Å². The van der Waals surface area contributed by atoms with Crippen LogP contribution in [0.5, 0.6) is 0 Å². The fourth-order valence-electron chi connectivity index (χ4n) is 5.09. The van der Waals surface area contributed by atoms with Crippen LogP contribution in [-0.4, -0.2) is 67.8 Å². The summed E-state index contributed by atoms with van der Waals surface area (Å²) >= 11 is 0. The average Bonchev–Trinajstić information content (AvgIpc) is 3.50. The van der Waals surface area contributed by atoms with E-state index in [2.05, 4.69) is 52.9 Å². The van der Waals surface area contributed by atoms with Gasteiger partial charge in [-0.2, -0.15) is 0 Å². The number of aromatic nitrogens is 5. The standard InChI is InChI=1S/C28H29FN8O/c1-18-8-9-20(13-23(18)29)37-15-22-26(33-37)31-17-32-27(22)36-11-10-34(2)25(16-36)28(38)30-14-21-12-19-6-4-5-7-24(19)35(21)3/h4-9,12-13,15,17,25H,10-11,14,16H2,1-3H3,(H,30,38). The molecule has 1 unspecified atom stereocenters. The second-order valence-electron chi connectivity index (χ2n) is 9.86. The van der Waals surface area contributed by atoms with Gasteiger partial charge in [-0.3, -0.25) is 9.69 Å². The van der Waals surface area contributed by atoms with Crippen LogP contribution in [0.4, 0.5) is 10.2 Å². The van der Waals surface area contributed by atoms with E-state index in [0.29, 0.717) is 48.9 Å². The number of nitrogens with zero attached hydrogens (tertiary/aromatic N) is 7. The highest BCUT2D eigenvalue weighted by Crippen LogP contribution is 2.26. The zero-order valence-electron chi connectivity index (χ0n) is 21.6. The van der Waals surface area contributed by atoms with Crippen LogP contribution in [0.3, 0.4) is 0 Å². The molecule has 1 fully saturated rings. The summed E-state index contributed by atoms with van der Waals surface area (Å²) in [6.45, 7) is 4.07. The van der Waals surface area contributed by atoms with E-state index in [1.165, 1.54) is 12.4 Å². The Hall–Kier alpha value is -4.31. The second kappa shape index (κ2) is 9.53. The molecule has 1 aliphatic heterocycles. The van der Waals surface area contributed by atoms with Gasteiger partial charge in [0, 0.05) is 44.1 Å². The lowest BCUT2D eigenvalue weighted by Crippen LogP contribution is -2.57. The molecule has 9 nitrogen and oxygen atoms in total. The van der Waals surface area contributed by atoms with Crippen LogP contribution in [0.25, 0.3) is 27.6 Å². The summed E-state index contributed by atoms with van der Waals surface area (Å²) < 4.78 is 17.9. The molecular formula is C28H29FN8O. The lowest BCUT2D eigenvalue weighted by molar-refractivity contribution is -0.126. The SMILES string of the molecule is Cc1ccc(-n2cc3c(N4CCN(C)C(C(=O)NCc5cc6ccccc6n5C)C4)ncnc3n2)cc1F. The molecule has 1 aliphatic rings. The van der Waals surface area contributed by atoms with Gasteiger partial charge in [0.15, 0.2) is 5.65 Å². The fraction of sp³-hybridized carbons (Fsp3) is 0.286. The maximum absolute atomic E-state index is 14.2. The first-order chi connectivity index (χ1) is 18.4. The molecule has 0 radical (unpaired) electrons. The number of carbonyl (C=O) groups is 1. The number of hydrogen-bond donors (Lipinski definition) is 1. The number of piperazine rings is 1. The van der Waals surface area contributed by atoms with E-state index < -0.39 is 0 Å². The smallest absolute Gasteiger partial charge is 0.239 e. The molecule has 1 saturated heterocycles. The number of rotatable bonds is 5. The monoisotopic (exact) mass is 512 g/mol. The third kappa shape index (κ3) is 4.26. The molecule has 10 heteroatoms. The van der Waals surface area contributed by atoms with Crippen molar-refractivity contribution >= 4 is 33.7 Å². The largest absolute Gasteiger partial charge is 0.353 e. The molecule has 1 N–H and O–H groups in total. The Morgan fingerprint density at radius 3 is 2.76 bits per heavy atom. The highest BCUT2D eigenvalue weighted by molar-refractivity contribution is 5.88. The minimum Gasteiger partial charge on any atom is -0.353 e. The number of likely N-dealkylation sites (N-methyl/N-ethyl adjacent to an activating group) is 1. The van der Waals surface area contributed by atoms with E-state index in [0.717, 1.165) is 22.0 Å². The molecule has 5 aromatic rings. The molecule has 0 spiro atoms. The van der Waals surface area contributed by atoms with Crippen LogP contribution in [0.15, 0.2) is 61.1 Å². The van der Waals surface area contributed by atoms with Gasteiger partial charge in [0.1, 0.15) is 24.0 Å². The Morgan fingerprint density at radius 2 is 1.95 bits per heavy atom. The summed E-state index contributed by atoms with van der Waals surface area (Å²) in [7, 11) is 3.99. The Bertz CT molecular complexity index is 1660. The zero-order chi connectivity index (χ0) is 26.4. The molecule has 1 atom stereocenters. The summed E-state index contributed by atoms with van der Waals surface area (Å²) in [5.41, 5.74) is 3.90. The quantitative estimate of drug-likeness (QED) is 0.390. The predicted molar refractivity (Wildman–Crippen MR) is 145 cm³/mol. The molecule has 0 saturated carbocycles. The first-order valence-corrected chi connectivity index (χ1v) is 12.6. The number of fused-ring (bicyclic) bond motifs is 2. The number of carbonyl (C=O) groups excluding carboxylic acids is 1. The summed E-state index contributed by atoms with van der Waals surface area (Å²) in [5.74, 6) is 0.400. The van der Waals surface area contributed by atoms with Gasteiger partial charge in [-0.05, 0) is 49.2 Å². The molecule has 2 aromatic carbocycles. The highest BCUT2D eigenvalue weighted by Gasteiger charge is 2.31. The van der Waals surface area contributed by atoms with Crippen LogP contribution < -0.4 is 10.2 Å². The molecule has 0 aliphatic carbocycles. The maximum atomic E-state index is 14.2. The van der Waals surface area contributed by atoms with Crippen LogP contribution in [0, 0.1) is 12.7 Å². The van der Waals surface area contributed by atoms with E-state index in [4.69, 9.17) is 0 Å². The van der Waals surface area contributed by atoms with Gasteiger partial charge in [-0.1, -0.05) is 24.3 Å². The molecule has 3 aromatic heterocycles. The van der Waals surface area contributed by atoms with Crippen molar-refractivity contribution < 1.29 is 9.18 Å². The van der Waals surface area contributed by atoms with Crippen LogP contribution in [-0.2, 0) is 18.4 Å². The average molecular weight is 513 g/mol. The molecular weight excluding hydrogens is 483 g/mol. The van der Waals surface area contributed by atoms with Crippen molar-refractivity contribution in [2.24, 2.45) is 7.05 Å². The van der Waals surface area contributed by atoms with Crippen molar-refractivity contribution in [3.63, 3.8) is 0 Å². The van der Waals surface area contributed by atoms with E-state index >= 15 is 0 Å². The normalized spacial score (nSPS) is 16.4. The third-order valence-corrected chi connectivity index (χ3v) is 7.46. The van der Waals surface area contributed by atoms with Gasteiger partial charge in [0.25, 0.3) is 0 Å². The van der Waals surface area contributed by atoms with E-state index in [9.17, 15) is 9.18 Å². The molecule has 4 heterocycles. The minimum atomic E-state index is -0.343. The summed E-state index contributed by atoms with van der Waals surface area (Å²) in [6, 6.07) is 15.0. The van der Waals surface area contributed by atoms with Gasteiger partial charge >= 0.3 is 0 Å². The van der Waals surface area contributed by atoms with Crippen molar-refractivity contribution in [1.29, 1.82) is 0 Å². The Labute approximate surface area is 219 Å². The van der Waals surface area contributed by atoms with Crippen molar-refractivity contribution in [2.45, 2.75) is 19.5 Å². The molecule has 6 rings (SSSR count). The Morgan fingerprint density at radius 1 is 1.11 bits per heavy atom. The van der Waals surface area contributed by atoms with Crippen molar-refractivity contribution in [2.75, 3.05) is 31.6 Å². The number of amides is 1. The maximum Gasteiger partial charge on any atom is 0.239 e. The summed E-state index contributed by atoms with van der Waals surface area (Å²) in [5, 5.41) is 9.59. The first-order valence-electron chi connectivity index (χ1n) is 12.6. The number of anilines is 1. The lowest BCUT2D eigenvalue weighted by atomic mass is 10.1. The first kappa shape index (κ1) is 24.1. The molecule has 194 valence electrons. The van der Waals surface area contributed by atoms with Gasteiger partial charge in [0.05, 0.1) is 17.6 Å². The van der Waals surface area contributed by atoms with E-state index in [-0.39, 0.29) is 17.8 Å². The summed E-state index contributed by atoms with van der Waals surface area (Å²) in [4.78, 5) is 26.4. The number of para-hydroxylation sites is 1. The van der Waals surface area contributed by atoms with E-state index in [1.54, 1.807) is 17.7 Å². The van der Waals surface area contributed by atoms with Gasteiger partial charge in [-0.25, -0.2) is 19.0 Å². The van der Waals surface area contributed by atoms with Gasteiger partial charge in [0.2, 0.25) is 5.91 Å². The number of nitrogens with one attached hydrogen (secondary N) is 1. The lowest BCUT2D eigenvalue weighted by Gasteiger charge is -2.39. The minimum absolute atomic E-state index is 0.0291. The van der Waals surface area contributed by atoms with Crippen LogP contribution in [0.2, 0.25) is 0 Å². The van der Waals surface area contributed by atoms with Crippen molar-refractivity contribution in [1.82, 2.24) is 34.5 Å². The number of benzene rings is 2. The van der Waals surface area contributed by atoms with Gasteiger partial charge in [-0.15, -0.1) is 5.10 Å². The summed E-state index contributed by atoms with van der Waals surface area (Å²) in [6.07, 6.45) is 3.31. The molecule has 38 heavy (non-hydrogen) atoms. The molecule has 0 bridgehead atoms. The fourth-order valence-corrected chi connectivity index (χ4v) is 5.09. The van der Waals surface area contributed by atoms with E-state index in [1.807, 2.05) is 38.5 Å². The van der Waals surface area contributed by atoms with Crippen molar-refractivity contribution in [3.05, 3.63) is 78.1 Å². The van der Waals surface area contributed by atoms with Crippen LogP contribution >= 0.6 is 0 Å². The second-order valence-corrected chi connectivity index (χ2v) is 9.86. The Balaban J connectivity index is 1.22. The number of aryl methyl sites for hydroxylation is 2. The van der Waals surface area contributed by atoms with Crippen LogP contribution in [0.1, 0.15) is 11.3 Å². The zero-order valence-corrected chi connectivity index (χ0v) is 21.6. The topological polar surface area (TPSA) is 84.1 Å². The molecule has 1 amide bonds. The highest BCUT2D eigenvalue weighted by atomic mass is 19.1. The Kier molecular flexibility index (Phi) is 6.03. The number of halogens is 1.